The third-order valence-electron chi connectivity index (χ3n) is 3.91. The van der Waals surface area contributed by atoms with Gasteiger partial charge in [-0.3, -0.25) is 4.79 Å². The van der Waals surface area contributed by atoms with Gasteiger partial charge in [-0.25, -0.2) is 9.37 Å². The molecule has 2 N–H and O–H groups in total. The Kier molecular flexibility index (Phi) is 3.00. The summed E-state index contributed by atoms with van der Waals surface area (Å²) in [6.45, 7) is 2.05. The lowest BCUT2D eigenvalue weighted by Gasteiger charge is -2.00. The van der Waals surface area contributed by atoms with Gasteiger partial charge in [0.05, 0.1) is 16.1 Å². The van der Waals surface area contributed by atoms with Crippen LogP contribution in [0.2, 0.25) is 0 Å². The number of thiazole rings is 1. The Balaban J connectivity index is 1.63. The zero-order chi connectivity index (χ0) is 15.3. The quantitative estimate of drug-likeness (QED) is 0.770. The van der Waals surface area contributed by atoms with E-state index in [2.05, 4.69) is 28.3 Å². The van der Waals surface area contributed by atoms with Gasteiger partial charge in [0, 0.05) is 11.9 Å². The minimum Gasteiger partial charge on any atom is -0.361 e. The Morgan fingerprint density at radius 3 is 2.95 bits per heavy atom. The zero-order valence-electron chi connectivity index (χ0n) is 11.9. The molecule has 2 unspecified atom stereocenters. The van der Waals surface area contributed by atoms with Crippen molar-refractivity contribution in [2.45, 2.75) is 19.5 Å². The first-order valence-corrected chi connectivity index (χ1v) is 7.93. The summed E-state index contributed by atoms with van der Waals surface area (Å²) in [7, 11) is 0. The van der Waals surface area contributed by atoms with Crippen LogP contribution in [0.1, 0.15) is 12.0 Å². The van der Waals surface area contributed by atoms with Crippen molar-refractivity contribution in [1.82, 2.24) is 9.97 Å². The zero-order valence-corrected chi connectivity index (χ0v) is 12.7. The number of carbonyl (C=O) groups is 1. The second-order valence-corrected chi connectivity index (χ2v) is 6.62. The maximum absolute atomic E-state index is 12.9. The van der Waals surface area contributed by atoms with Crippen LogP contribution in [0.3, 0.4) is 0 Å². The summed E-state index contributed by atoms with van der Waals surface area (Å²) in [6, 6.07) is 8.02. The molecule has 1 aliphatic carbocycles. The number of hydrogen-bond acceptors (Lipinski definition) is 3. The van der Waals surface area contributed by atoms with E-state index in [0.717, 1.165) is 21.5 Å². The van der Waals surface area contributed by atoms with E-state index in [1.54, 1.807) is 0 Å². The minimum absolute atomic E-state index is 0.271. The summed E-state index contributed by atoms with van der Waals surface area (Å²) >= 11 is 1.41. The molecule has 4 nitrogen and oxygen atoms in total. The Hall–Kier alpha value is -2.21. The Bertz CT molecular complexity index is 869. The fourth-order valence-electron chi connectivity index (χ4n) is 2.53. The summed E-state index contributed by atoms with van der Waals surface area (Å²) in [5.74, 6) is -0.767. The number of aryl methyl sites for hydroxylation is 1. The second kappa shape index (κ2) is 4.91. The molecule has 2 atom stereocenters. The average Bonchev–Trinajstić information content (AvgIpc) is 2.90. The second-order valence-electron chi connectivity index (χ2n) is 5.58. The normalized spacial score (nSPS) is 20.3. The maximum Gasteiger partial charge on any atom is 0.232 e. The van der Waals surface area contributed by atoms with E-state index in [1.807, 2.05) is 24.4 Å². The first kappa shape index (κ1) is 13.5. The van der Waals surface area contributed by atoms with Gasteiger partial charge >= 0.3 is 0 Å². The van der Waals surface area contributed by atoms with Gasteiger partial charge < -0.3 is 10.3 Å². The van der Waals surface area contributed by atoms with Gasteiger partial charge in [-0.2, -0.15) is 0 Å². The molecule has 112 valence electrons. The van der Waals surface area contributed by atoms with E-state index >= 15 is 0 Å². The number of hydrogen-bond donors (Lipinski definition) is 2. The van der Waals surface area contributed by atoms with Gasteiger partial charge in [-0.15, -0.1) is 0 Å². The molecule has 3 aromatic rings. The summed E-state index contributed by atoms with van der Waals surface area (Å²) in [4.78, 5) is 19.4. The van der Waals surface area contributed by atoms with Crippen molar-refractivity contribution in [3.63, 3.8) is 0 Å². The third-order valence-corrected chi connectivity index (χ3v) is 4.85. The van der Waals surface area contributed by atoms with Crippen molar-refractivity contribution >= 4 is 32.6 Å². The predicted molar refractivity (Wildman–Crippen MR) is 85.8 cm³/mol. The topological polar surface area (TPSA) is 57.8 Å². The molecular weight excluding hydrogens is 301 g/mol. The Morgan fingerprint density at radius 2 is 2.27 bits per heavy atom. The van der Waals surface area contributed by atoms with Gasteiger partial charge in [0.25, 0.3) is 0 Å². The lowest BCUT2D eigenvalue weighted by molar-refractivity contribution is -0.117. The first-order valence-electron chi connectivity index (χ1n) is 7.12. The number of benzene rings is 1. The van der Waals surface area contributed by atoms with E-state index in [0.29, 0.717) is 11.6 Å². The molecule has 0 aliphatic heterocycles. The molecule has 1 aliphatic rings. The van der Waals surface area contributed by atoms with Gasteiger partial charge in [0.2, 0.25) is 5.91 Å². The number of aromatic amines is 1. The minimum atomic E-state index is -0.989. The molecule has 0 bridgehead atoms. The van der Waals surface area contributed by atoms with Crippen molar-refractivity contribution in [1.29, 1.82) is 0 Å². The number of rotatable bonds is 3. The van der Waals surface area contributed by atoms with E-state index in [9.17, 15) is 9.18 Å². The number of H-pyrrole nitrogens is 1. The number of carbonyl (C=O) groups excluding carboxylic acids is 1. The molecule has 0 radical (unpaired) electrons. The lowest BCUT2D eigenvalue weighted by Crippen LogP contribution is -2.14. The number of nitrogens with one attached hydrogen (secondary N) is 2. The average molecular weight is 315 g/mol. The van der Waals surface area contributed by atoms with E-state index in [4.69, 9.17) is 0 Å². The molecule has 0 spiro atoms. The highest BCUT2D eigenvalue weighted by atomic mass is 32.1. The molecule has 4 rings (SSSR count). The van der Waals surface area contributed by atoms with Crippen LogP contribution < -0.4 is 5.32 Å². The highest BCUT2D eigenvalue weighted by molar-refractivity contribution is 7.22. The van der Waals surface area contributed by atoms with Gasteiger partial charge in [-0.1, -0.05) is 17.4 Å². The van der Waals surface area contributed by atoms with Crippen LogP contribution in [0.5, 0.6) is 0 Å². The number of aromatic nitrogens is 2. The van der Waals surface area contributed by atoms with E-state index in [1.165, 1.54) is 16.9 Å². The third kappa shape index (κ3) is 2.29. The van der Waals surface area contributed by atoms with Crippen LogP contribution in [0.4, 0.5) is 9.52 Å². The molecule has 1 amide bonds. The standard InChI is InChI=1S/C16H14FN3OS/c1-8-4-5-18-14(8)9-2-3-12-13(6-9)22-16(19-12)20-15(21)10-7-11(10)17/h2-6,10-11,18H,7H2,1H3,(H,19,20,21). The van der Waals surface area contributed by atoms with Crippen molar-refractivity contribution in [2.75, 3.05) is 5.32 Å². The SMILES string of the molecule is Cc1cc[nH]c1-c1ccc2nc(NC(=O)C3CC3F)sc2c1. The molecule has 0 saturated heterocycles. The maximum atomic E-state index is 12.9. The Labute approximate surface area is 130 Å². The van der Waals surface area contributed by atoms with Crippen LogP contribution in [-0.4, -0.2) is 22.0 Å². The van der Waals surface area contributed by atoms with Crippen LogP contribution in [-0.2, 0) is 4.79 Å². The van der Waals surface area contributed by atoms with Gasteiger partial charge in [0.1, 0.15) is 6.17 Å². The van der Waals surface area contributed by atoms with Crippen LogP contribution >= 0.6 is 11.3 Å². The van der Waals surface area contributed by atoms with Crippen molar-refractivity contribution in [3.8, 4) is 11.3 Å². The number of nitrogens with zero attached hydrogens (tertiary/aromatic N) is 1. The van der Waals surface area contributed by atoms with E-state index in [-0.39, 0.29) is 5.91 Å². The predicted octanol–water partition coefficient (Wildman–Crippen LogP) is 3.90. The molecule has 2 aromatic heterocycles. The van der Waals surface area contributed by atoms with Gasteiger partial charge in [-0.05, 0) is 42.7 Å². The molecule has 1 aromatic carbocycles. The number of alkyl halides is 1. The number of amides is 1. The smallest absolute Gasteiger partial charge is 0.232 e. The van der Waals surface area contributed by atoms with Crippen LogP contribution in [0.25, 0.3) is 21.5 Å². The van der Waals surface area contributed by atoms with E-state index < -0.39 is 12.1 Å². The van der Waals surface area contributed by atoms with Crippen molar-refractivity contribution in [2.24, 2.45) is 5.92 Å². The Morgan fingerprint density at radius 1 is 1.45 bits per heavy atom. The summed E-state index contributed by atoms with van der Waals surface area (Å²) in [5, 5.41) is 3.24. The largest absolute Gasteiger partial charge is 0.361 e. The lowest BCUT2D eigenvalue weighted by atomic mass is 10.1. The van der Waals surface area contributed by atoms with Crippen molar-refractivity contribution in [3.05, 3.63) is 36.0 Å². The summed E-state index contributed by atoms with van der Waals surface area (Å²) < 4.78 is 13.9. The van der Waals surface area contributed by atoms with Crippen LogP contribution in [0.15, 0.2) is 30.5 Å². The van der Waals surface area contributed by atoms with Crippen molar-refractivity contribution < 1.29 is 9.18 Å². The van der Waals surface area contributed by atoms with Gasteiger partial charge in [0.15, 0.2) is 5.13 Å². The monoisotopic (exact) mass is 315 g/mol. The number of anilines is 1. The fourth-order valence-corrected chi connectivity index (χ4v) is 3.43. The summed E-state index contributed by atoms with van der Waals surface area (Å²) in [5.41, 5.74) is 4.18. The highest BCUT2D eigenvalue weighted by Crippen LogP contribution is 2.36. The molecule has 1 saturated carbocycles. The highest BCUT2D eigenvalue weighted by Gasteiger charge is 2.43. The molecular formula is C16H14FN3OS. The van der Waals surface area contributed by atoms with Crippen LogP contribution in [0, 0.1) is 12.8 Å². The molecule has 1 fully saturated rings. The molecule has 22 heavy (non-hydrogen) atoms. The molecule has 2 heterocycles. The summed E-state index contributed by atoms with van der Waals surface area (Å²) in [6.07, 6.45) is 1.25. The first-order chi connectivity index (χ1) is 10.6. The molecule has 6 heteroatoms. The number of halogens is 1. The fraction of sp³-hybridized carbons (Fsp3) is 0.250. The number of fused-ring (bicyclic) bond motifs is 1.